The number of fused-ring (bicyclic) bond motifs is 6. The summed E-state index contributed by atoms with van der Waals surface area (Å²) in [6.07, 6.45) is 1.66. The molecule has 6 aromatic rings. The van der Waals surface area contributed by atoms with E-state index in [0.29, 0.717) is 11.7 Å². The van der Waals surface area contributed by atoms with Crippen LogP contribution in [0.4, 0.5) is 0 Å². The van der Waals surface area contributed by atoms with E-state index in [-0.39, 0.29) is 12.5 Å². The van der Waals surface area contributed by atoms with Gasteiger partial charge in [0, 0.05) is 11.5 Å². The minimum Gasteiger partial charge on any atom is -0.485 e. The molecule has 4 aromatic carbocycles. The van der Waals surface area contributed by atoms with Crippen LogP contribution in [0.2, 0.25) is 0 Å². The first-order chi connectivity index (χ1) is 18.2. The maximum Gasteiger partial charge on any atom is 0.228 e. The Hall–Kier alpha value is -4.71. The van der Waals surface area contributed by atoms with E-state index in [1.807, 2.05) is 24.3 Å². The Morgan fingerprint density at radius 1 is 0.865 bits per heavy atom. The maximum absolute atomic E-state index is 6.39. The van der Waals surface area contributed by atoms with Gasteiger partial charge < -0.3 is 9.47 Å². The molecule has 7 rings (SSSR count). The standard InChI is InChI=1S/C31H24N4O2/c1-19-9-8-14-24(20(19)2)36-17-26-33-30-29-27(22-11-4-3-5-12-22)28-23-13-7-6-10-21(23)15-16-25(28)37-31(29)32-18-35(30)34-26/h3-16,18,27H,17H2,1-2H3. The van der Waals surface area contributed by atoms with Crippen LogP contribution in [0, 0.1) is 13.8 Å². The first-order valence-corrected chi connectivity index (χ1v) is 12.3. The molecule has 0 spiro atoms. The topological polar surface area (TPSA) is 61.5 Å². The lowest BCUT2D eigenvalue weighted by atomic mass is 9.81. The molecule has 0 saturated heterocycles. The van der Waals surface area contributed by atoms with Crippen molar-refractivity contribution in [1.82, 2.24) is 19.6 Å². The molecule has 1 unspecified atom stereocenters. The monoisotopic (exact) mass is 484 g/mol. The lowest BCUT2D eigenvalue weighted by molar-refractivity contribution is 0.294. The molecule has 180 valence electrons. The average Bonchev–Trinajstić information content (AvgIpc) is 3.36. The molecule has 0 radical (unpaired) electrons. The van der Waals surface area contributed by atoms with Crippen LogP contribution in [0.15, 0.2) is 91.3 Å². The molecule has 0 amide bonds. The second kappa shape index (κ2) is 8.45. The van der Waals surface area contributed by atoms with Crippen molar-refractivity contribution in [3.05, 3.63) is 125 Å². The van der Waals surface area contributed by atoms with E-state index in [1.165, 1.54) is 10.9 Å². The Bertz CT molecular complexity index is 1790. The smallest absolute Gasteiger partial charge is 0.228 e. The first kappa shape index (κ1) is 21.6. The van der Waals surface area contributed by atoms with Gasteiger partial charge in [0.2, 0.25) is 5.88 Å². The summed E-state index contributed by atoms with van der Waals surface area (Å²) in [7, 11) is 0. The van der Waals surface area contributed by atoms with Gasteiger partial charge in [-0.3, -0.25) is 0 Å². The van der Waals surface area contributed by atoms with E-state index in [4.69, 9.17) is 19.6 Å². The largest absolute Gasteiger partial charge is 0.485 e. The van der Waals surface area contributed by atoms with Crippen molar-refractivity contribution >= 4 is 16.4 Å². The van der Waals surface area contributed by atoms with Crippen molar-refractivity contribution in [2.24, 2.45) is 0 Å². The third-order valence-electron chi connectivity index (χ3n) is 7.19. The van der Waals surface area contributed by atoms with Gasteiger partial charge in [-0.15, -0.1) is 5.10 Å². The van der Waals surface area contributed by atoms with Crippen LogP contribution in [0.25, 0.3) is 16.4 Å². The fraction of sp³-hybridized carbons (Fsp3) is 0.129. The third-order valence-corrected chi connectivity index (χ3v) is 7.19. The Morgan fingerprint density at radius 2 is 1.70 bits per heavy atom. The number of benzene rings is 4. The van der Waals surface area contributed by atoms with Crippen LogP contribution >= 0.6 is 0 Å². The lowest BCUT2D eigenvalue weighted by Crippen LogP contribution is -2.15. The van der Waals surface area contributed by atoms with Crippen LogP contribution in [-0.4, -0.2) is 19.6 Å². The van der Waals surface area contributed by atoms with Crippen molar-refractivity contribution in [2.75, 3.05) is 0 Å². The lowest BCUT2D eigenvalue weighted by Gasteiger charge is -2.29. The van der Waals surface area contributed by atoms with E-state index < -0.39 is 0 Å². The molecule has 6 nitrogen and oxygen atoms in total. The summed E-state index contributed by atoms with van der Waals surface area (Å²) < 4.78 is 14.2. The van der Waals surface area contributed by atoms with Crippen molar-refractivity contribution in [3.8, 4) is 17.4 Å². The van der Waals surface area contributed by atoms with Gasteiger partial charge in [-0.2, -0.15) is 0 Å². The van der Waals surface area contributed by atoms with Gasteiger partial charge >= 0.3 is 0 Å². The number of nitrogens with zero attached hydrogens (tertiary/aromatic N) is 4. The van der Waals surface area contributed by atoms with Crippen molar-refractivity contribution in [3.63, 3.8) is 0 Å². The van der Waals surface area contributed by atoms with Gasteiger partial charge in [-0.1, -0.05) is 72.8 Å². The number of ether oxygens (including phenoxy) is 2. The molecule has 1 aliphatic heterocycles. The minimum absolute atomic E-state index is 0.112. The van der Waals surface area contributed by atoms with Crippen molar-refractivity contribution < 1.29 is 9.47 Å². The molecule has 0 fully saturated rings. The SMILES string of the molecule is Cc1cccc(OCc2nc3c4c(ncn3n2)Oc2ccc3ccccc3c2C4c2ccccc2)c1C. The molecule has 0 aliphatic carbocycles. The second-order valence-corrected chi connectivity index (χ2v) is 9.39. The highest BCUT2D eigenvalue weighted by molar-refractivity contribution is 5.90. The molecule has 1 aliphatic rings. The normalized spacial score (nSPS) is 14.3. The van der Waals surface area contributed by atoms with Gasteiger partial charge in [0.05, 0.1) is 5.56 Å². The maximum atomic E-state index is 6.39. The summed E-state index contributed by atoms with van der Waals surface area (Å²) in [5, 5.41) is 7.01. The van der Waals surface area contributed by atoms with E-state index >= 15 is 0 Å². The predicted octanol–water partition coefficient (Wildman–Crippen LogP) is 6.76. The van der Waals surface area contributed by atoms with Gasteiger partial charge in [0.15, 0.2) is 11.5 Å². The Balaban J connectivity index is 1.39. The van der Waals surface area contributed by atoms with E-state index in [2.05, 4.69) is 79.5 Å². The summed E-state index contributed by atoms with van der Waals surface area (Å²) in [5.41, 5.74) is 6.19. The van der Waals surface area contributed by atoms with E-state index in [9.17, 15) is 0 Å². The summed E-state index contributed by atoms with van der Waals surface area (Å²) in [5.74, 6) is 2.68. The fourth-order valence-electron chi connectivity index (χ4n) is 5.21. The van der Waals surface area contributed by atoms with Crippen molar-refractivity contribution in [2.45, 2.75) is 26.4 Å². The molecule has 1 atom stereocenters. The highest BCUT2D eigenvalue weighted by Gasteiger charge is 2.34. The quantitative estimate of drug-likeness (QED) is 0.276. The zero-order valence-electron chi connectivity index (χ0n) is 20.6. The highest BCUT2D eigenvalue weighted by atomic mass is 16.5. The molecule has 0 saturated carbocycles. The second-order valence-electron chi connectivity index (χ2n) is 9.39. The number of aryl methyl sites for hydroxylation is 1. The fourth-order valence-corrected chi connectivity index (χ4v) is 5.21. The van der Waals surface area contributed by atoms with Gasteiger partial charge in [-0.25, -0.2) is 14.5 Å². The predicted molar refractivity (Wildman–Crippen MR) is 142 cm³/mol. The highest BCUT2D eigenvalue weighted by Crippen LogP contribution is 2.50. The summed E-state index contributed by atoms with van der Waals surface area (Å²) in [4.78, 5) is 9.59. The van der Waals surface area contributed by atoms with Crippen LogP contribution in [0.3, 0.4) is 0 Å². The number of hydrogen-bond acceptors (Lipinski definition) is 5. The molecule has 3 heterocycles. The molecule has 6 heteroatoms. The van der Waals surface area contributed by atoms with Gasteiger partial charge in [0.1, 0.15) is 24.4 Å². The van der Waals surface area contributed by atoms with E-state index in [1.54, 1.807) is 10.8 Å². The van der Waals surface area contributed by atoms with Crippen molar-refractivity contribution in [1.29, 1.82) is 0 Å². The molecule has 37 heavy (non-hydrogen) atoms. The number of rotatable bonds is 4. The van der Waals surface area contributed by atoms with Crippen LogP contribution in [-0.2, 0) is 6.61 Å². The third kappa shape index (κ3) is 3.52. The Labute approximate surface area is 214 Å². The summed E-state index contributed by atoms with van der Waals surface area (Å²) in [6, 6.07) is 29.1. The van der Waals surface area contributed by atoms with E-state index in [0.717, 1.165) is 44.8 Å². The van der Waals surface area contributed by atoms with Crippen LogP contribution < -0.4 is 9.47 Å². The molecule has 0 N–H and O–H groups in total. The zero-order chi connectivity index (χ0) is 24.9. The molecule has 2 aromatic heterocycles. The Kier molecular flexibility index (Phi) is 4.92. The summed E-state index contributed by atoms with van der Waals surface area (Å²) in [6.45, 7) is 4.40. The van der Waals surface area contributed by atoms with Crippen LogP contribution in [0.5, 0.6) is 17.4 Å². The van der Waals surface area contributed by atoms with Gasteiger partial charge in [0.25, 0.3) is 0 Å². The minimum atomic E-state index is -0.112. The molecular formula is C31H24N4O2. The molecular weight excluding hydrogens is 460 g/mol. The number of aromatic nitrogens is 4. The zero-order valence-corrected chi connectivity index (χ0v) is 20.6. The Morgan fingerprint density at radius 3 is 2.59 bits per heavy atom. The molecule has 0 bridgehead atoms. The average molecular weight is 485 g/mol. The van der Waals surface area contributed by atoms with Crippen LogP contribution in [0.1, 0.15) is 39.6 Å². The summed E-state index contributed by atoms with van der Waals surface area (Å²) >= 11 is 0. The first-order valence-electron chi connectivity index (χ1n) is 12.3. The number of hydrogen-bond donors (Lipinski definition) is 0. The van der Waals surface area contributed by atoms with Gasteiger partial charge in [-0.05, 0) is 53.4 Å².